The highest BCUT2D eigenvalue weighted by Crippen LogP contribution is 2.29. The molecular weight excluding hydrogens is 266 g/mol. The molecule has 0 saturated heterocycles. The molecule has 0 bridgehead atoms. The third-order valence-electron chi connectivity index (χ3n) is 4.64. The predicted molar refractivity (Wildman–Crippen MR) is 86.4 cm³/mol. The van der Waals surface area contributed by atoms with Crippen molar-refractivity contribution in [2.75, 3.05) is 19.4 Å². The SMILES string of the molecule is CSC1CCCC(NCC2OCCc3ccccc32)C1. The van der Waals surface area contributed by atoms with Crippen molar-refractivity contribution in [1.29, 1.82) is 0 Å². The average Bonchev–Trinajstić information content (AvgIpc) is 2.53. The Kier molecular flexibility index (Phi) is 5.03. The first kappa shape index (κ1) is 14.4. The van der Waals surface area contributed by atoms with E-state index in [1.807, 2.05) is 11.8 Å². The van der Waals surface area contributed by atoms with Crippen LogP contribution in [-0.4, -0.2) is 30.7 Å². The van der Waals surface area contributed by atoms with Gasteiger partial charge in [-0.15, -0.1) is 0 Å². The third-order valence-corrected chi connectivity index (χ3v) is 5.74. The van der Waals surface area contributed by atoms with Gasteiger partial charge in [0, 0.05) is 17.8 Å². The zero-order valence-corrected chi connectivity index (χ0v) is 13.1. The van der Waals surface area contributed by atoms with Crippen LogP contribution in [0.3, 0.4) is 0 Å². The Balaban J connectivity index is 1.56. The number of nitrogens with one attached hydrogen (secondary N) is 1. The summed E-state index contributed by atoms with van der Waals surface area (Å²) in [5.74, 6) is 0. The van der Waals surface area contributed by atoms with E-state index in [1.165, 1.54) is 36.8 Å². The molecule has 3 atom stereocenters. The van der Waals surface area contributed by atoms with E-state index in [-0.39, 0.29) is 6.10 Å². The largest absolute Gasteiger partial charge is 0.372 e. The maximum Gasteiger partial charge on any atom is 0.0952 e. The number of rotatable bonds is 4. The highest BCUT2D eigenvalue weighted by atomic mass is 32.2. The molecule has 3 unspecified atom stereocenters. The first-order valence-corrected chi connectivity index (χ1v) is 9.11. The summed E-state index contributed by atoms with van der Waals surface area (Å²) in [6.07, 6.45) is 8.95. The quantitative estimate of drug-likeness (QED) is 0.916. The molecule has 0 aromatic heterocycles. The zero-order chi connectivity index (χ0) is 13.8. The summed E-state index contributed by atoms with van der Waals surface area (Å²) in [6, 6.07) is 9.42. The van der Waals surface area contributed by atoms with Crippen molar-refractivity contribution in [3.63, 3.8) is 0 Å². The maximum atomic E-state index is 5.98. The van der Waals surface area contributed by atoms with E-state index in [4.69, 9.17) is 4.74 Å². The van der Waals surface area contributed by atoms with Gasteiger partial charge in [-0.2, -0.15) is 11.8 Å². The lowest BCUT2D eigenvalue weighted by molar-refractivity contribution is 0.0398. The molecule has 0 radical (unpaired) electrons. The van der Waals surface area contributed by atoms with E-state index in [2.05, 4.69) is 35.8 Å². The second-order valence-corrected chi connectivity index (χ2v) is 7.08. The van der Waals surface area contributed by atoms with Crippen LogP contribution in [0.5, 0.6) is 0 Å². The van der Waals surface area contributed by atoms with E-state index in [0.29, 0.717) is 6.04 Å². The third kappa shape index (κ3) is 3.38. The van der Waals surface area contributed by atoms with Crippen LogP contribution in [0.25, 0.3) is 0 Å². The summed E-state index contributed by atoms with van der Waals surface area (Å²) in [6.45, 7) is 1.82. The Morgan fingerprint density at radius 1 is 1.30 bits per heavy atom. The van der Waals surface area contributed by atoms with Crippen molar-refractivity contribution in [2.24, 2.45) is 0 Å². The molecule has 1 aliphatic carbocycles. The lowest BCUT2D eigenvalue weighted by atomic mass is 9.93. The smallest absolute Gasteiger partial charge is 0.0952 e. The standard InChI is InChI=1S/C17H25NOS/c1-20-15-7-4-6-14(11-15)18-12-17-16-8-3-2-5-13(16)9-10-19-17/h2-3,5,8,14-15,17-18H,4,6-7,9-12H2,1H3. The number of thioether (sulfide) groups is 1. The summed E-state index contributed by atoms with van der Waals surface area (Å²) in [5.41, 5.74) is 2.86. The molecule has 20 heavy (non-hydrogen) atoms. The van der Waals surface area contributed by atoms with Crippen molar-refractivity contribution >= 4 is 11.8 Å². The summed E-state index contributed by atoms with van der Waals surface area (Å²) >= 11 is 2.03. The number of benzene rings is 1. The van der Waals surface area contributed by atoms with Crippen LogP contribution < -0.4 is 5.32 Å². The summed E-state index contributed by atoms with van der Waals surface area (Å²) in [5, 5.41) is 4.61. The van der Waals surface area contributed by atoms with Crippen LogP contribution in [0.1, 0.15) is 42.9 Å². The van der Waals surface area contributed by atoms with Gasteiger partial charge in [-0.05, 0) is 43.1 Å². The molecule has 110 valence electrons. The lowest BCUT2D eigenvalue weighted by Gasteiger charge is -2.32. The molecule has 1 fully saturated rings. The molecule has 3 heteroatoms. The van der Waals surface area contributed by atoms with Gasteiger partial charge in [0.05, 0.1) is 12.7 Å². The van der Waals surface area contributed by atoms with E-state index < -0.39 is 0 Å². The van der Waals surface area contributed by atoms with E-state index in [9.17, 15) is 0 Å². The van der Waals surface area contributed by atoms with Gasteiger partial charge in [-0.1, -0.05) is 30.7 Å². The van der Waals surface area contributed by atoms with Gasteiger partial charge in [-0.3, -0.25) is 0 Å². The Labute approximate surface area is 126 Å². The van der Waals surface area contributed by atoms with Crippen LogP contribution in [0.15, 0.2) is 24.3 Å². The van der Waals surface area contributed by atoms with Gasteiger partial charge in [0.15, 0.2) is 0 Å². The lowest BCUT2D eigenvalue weighted by Crippen LogP contribution is -2.38. The monoisotopic (exact) mass is 291 g/mol. The Hall–Kier alpha value is -0.510. The van der Waals surface area contributed by atoms with Crippen molar-refractivity contribution < 1.29 is 4.74 Å². The topological polar surface area (TPSA) is 21.3 Å². The van der Waals surface area contributed by atoms with Gasteiger partial charge in [0.25, 0.3) is 0 Å². The second-order valence-electron chi connectivity index (χ2n) is 5.94. The minimum Gasteiger partial charge on any atom is -0.372 e. The van der Waals surface area contributed by atoms with Crippen molar-refractivity contribution in [2.45, 2.75) is 49.5 Å². The van der Waals surface area contributed by atoms with Gasteiger partial charge >= 0.3 is 0 Å². The first-order valence-electron chi connectivity index (χ1n) is 7.82. The molecule has 2 nitrogen and oxygen atoms in total. The molecule has 0 spiro atoms. The summed E-state index contributed by atoms with van der Waals surface area (Å²) in [4.78, 5) is 0. The predicted octanol–water partition coefficient (Wildman–Crippen LogP) is 3.56. The highest BCUT2D eigenvalue weighted by molar-refractivity contribution is 7.99. The Morgan fingerprint density at radius 2 is 2.20 bits per heavy atom. The first-order chi connectivity index (χ1) is 9.86. The van der Waals surface area contributed by atoms with Crippen molar-refractivity contribution in [3.8, 4) is 0 Å². The van der Waals surface area contributed by atoms with Crippen LogP contribution in [-0.2, 0) is 11.2 Å². The molecule has 1 aromatic carbocycles. The van der Waals surface area contributed by atoms with Gasteiger partial charge in [0.2, 0.25) is 0 Å². The van der Waals surface area contributed by atoms with Gasteiger partial charge in [0.1, 0.15) is 0 Å². The fraction of sp³-hybridized carbons (Fsp3) is 0.647. The molecule has 1 N–H and O–H groups in total. The highest BCUT2D eigenvalue weighted by Gasteiger charge is 2.24. The molecule has 1 aliphatic heterocycles. The molecule has 1 aromatic rings. The zero-order valence-electron chi connectivity index (χ0n) is 12.3. The minimum absolute atomic E-state index is 0.245. The normalized spacial score (nSPS) is 29.9. The number of hydrogen-bond acceptors (Lipinski definition) is 3. The minimum atomic E-state index is 0.245. The maximum absolute atomic E-state index is 5.98. The Bertz CT molecular complexity index is 437. The molecule has 0 amide bonds. The van der Waals surface area contributed by atoms with Crippen LogP contribution in [0.2, 0.25) is 0 Å². The fourth-order valence-corrected chi connectivity index (χ4v) is 4.29. The summed E-state index contributed by atoms with van der Waals surface area (Å²) in [7, 11) is 0. The van der Waals surface area contributed by atoms with E-state index in [0.717, 1.165) is 24.8 Å². The Morgan fingerprint density at radius 3 is 3.10 bits per heavy atom. The number of hydrogen-bond donors (Lipinski definition) is 1. The molecule has 2 aliphatic rings. The van der Waals surface area contributed by atoms with E-state index >= 15 is 0 Å². The molecule has 3 rings (SSSR count). The summed E-state index contributed by atoms with van der Waals surface area (Å²) < 4.78 is 5.98. The fourth-order valence-electron chi connectivity index (χ4n) is 3.46. The molecule has 1 saturated carbocycles. The van der Waals surface area contributed by atoms with Crippen molar-refractivity contribution in [1.82, 2.24) is 5.32 Å². The molecular formula is C17H25NOS. The van der Waals surface area contributed by atoms with Crippen molar-refractivity contribution in [3.05, 3.63) is 35.4 Å². The van der Waals surface area contributed by atoms with E-state index in [1.54, 1.807) is 0 Å². The average molecular weight is 291 g/mol. The molecule has 1 heterocycles. The second kappa shape index (κ2) is 6.97. The van der Waals surface area contributed by atoms with Crippen LogP contribution in [0, 0.1) is 0 Å². The van der Waals surface area contributed by atoms with Crippen LogP contribution in [0.4, 0.5) is 0 Å². The number of fused-ring (bicyclic) bond motifs is 1. The van der Waals surface area contributed by atoms with Crippen LogP contribution >= 0.6 is 11.8 Å². The van der Waals surface area contributed by atoms with Gasteiger partial charge < -0.3 is 10.1 Å². The van der Waals surface area contributed by atoms with Gasteiger partial charge in [-0.25, -0.2) is 0 Å². The number of ether oxygens (including phenoxy) is 1.